The Bertz CT molecular complexity index is 3630. The number of para-hydroxylation sites is 2. The molecule has 2 heteroatoms. The molecule has 0 amide bonds. The molecule has 268 valence electrons. The molecule has 1 aliphatic rings. The summed E-state index contributed by atoms with van der Waals surface area (Å²) < 4.78 is 4.89. The van der Waals surface area contributed by atoms with Gasteiger partial charge in [0.15, 0.2) is 0 Å². The number of hydrogen-bond donors (Lipinski definition) is 0. The zero-order valence-corrected chi connectivity index (χ0v) is 31.5. The fourth-order valence-electron chi connectivity index (χ4n) is 10.1. The van der Waals surface area contributed by atoms with Crippen molar-refractivity contribution < 1.29 is 0 Å². The van der Waals surface area contributed by atoms with Crippen LogP contribution in [0.5, 0.6) is 0 Å². The predicted molar refractivity (Wildman–Crippen MR) is 245 cm³/mol. The lowest BCUT2D eigenvalue weighted by Crippen LogP contribution is -1.95. The first-order chi connectivity index (χ1) is 28.8. The van der Waals surface area contributed by atoms with Crippen LogP contribution in [0, 0.1) is 0 Å². The van der Waals surface area contributed by atoms with Gasteiger partial charge in [-0.3, -0.25) is 0 Å². The molecule has 0 saturated heterocycles. The smallest absolute Gasteiger partial charge is 0.0619 e. The molecule has 12 aromatic rings. The zero-order valence-electron chi connectivity index (χ0n) is 31.5. The van der Waals surface area contributed by atoms with E-state index < -0.39 is 0 Å². The van der Waals surface area contributed by atoms with Crippen LogP contribution >= 0.6 is 0 Å². The van der Waals surface area contributed by atoms with Crippen LogP contribution in [0.1, 0.15) is 0 Å². The average Bonchev–Trinajstić information content (AvgIpc) is 3.93. The van der Waals surface area contributed by atoms with Gasteiger partial charge >= 0.3 is 0 Å². The number of aromatic nitrogens is 2. The van der Waals surface area contributed by atoms with E-state index in [0.29, 0.717) is 0 Å². The fraction of sp³-hybridized carbons (Fsp3) is 0. The lowest BCUT2D eigenvalue weighted by Gasteiger charge is -2.13. The summed E-state index contributed by atoms with van der Waals surface area (Å²) in [5, 5.41) is 10.2. The molecular weight excluding hydrogens is 701 g/mol. The van der Waals surface area contributed by atoms with Crippen LogP contribution in [-0.2, 0) is 0 Å². The molecule has 0 aliphatic heterocycles. The van der Waals surface area contributed by atoms with Gasteiger partial charge in [-0.1, -0.05) is 164 Å². The van der Waals surface area contributed by atoms with Gasteiger partial charge < -0.3 is 9.13 Å². The Balaban J connectivity index is 1.00. The SMILES string of the molecule is c1ccc(-n2c3ccccc3c3ccc(-c4ccc5c6ccc7ccccc7c6n(-c6ccc(-c7ccc8c9c(cccc79)-c7ccccc7-8)cc6)c5c4)cc32)cc1. The van der Waals surface area contributed by atoms with Gasteiger partial charge in [0.05, 0.1) is 22.1 Å². The topological polar surface area (TPSA) is 9.86 Å². The first-order valence-electron chi connectivity index (χ1n) is 20.1. The summed E-state index contributed by atoms with van der Waals surface area (Å²) in [6.07, 6.45) is 0. The van der Waals surface area contributed by atoms with E-state index in [2.05, 4.69) is 215 Å². The maximum absolute atomic E-state index is 2.49. The first-order valence-corrected chi connectivity index (χ1v) is 20.1. The number of hydrogen-bond acceptors (Lipinski definition) is 0. The van der Waals surface area contributed by atoms with Crippen molar-refractivity contribution in [2.75, 3.05) is 0 Å². The summed E-state index contributed by atoms with van der Waals surface area (Å²) >= 11 is 0. The van der Waals surface area contributed by atoms with E-state index in [1.807, 2.05) is 0 Å². The van der Waals surface area contributed by atoms with Crippen molar-refractivity contribution in [1.29, 1.82) is 0 Å². The Labute approximate surface area is 335 Å². The highest BCUT2D eigenvalue weighted by atomic mass is 15.0. The Morgan fingerprint density at radius 2 is 0.793 bits per heavy atom. The molecule has 0 saturated carbocycles. The van der Waals surface area contributed by atoms with E-state index in [1.54, 1.807) is 0 Å². The normalized spacial score (nSPS) is 12.1. The van der Waals surface area contributed by atoms with Crippen molar-refractivity contribution >= 4 is 65.2 Å². The van der Waals surface area contributed by atoms with Gasteiger partial charge in [-0.2, -0.15) is 0 Å². The van der Waals surface area contributed by atoms with E-state index in [-0.39, 0.29) is 0 Å². The quantitative estimate of drug-likeness (QED) is 0.170. The molecule has 58 heavy (non-hydrogen) atoms. The van der Waals surface area contributed by atoms with Crippen molar-refractivity contribution in [3.05, 3.63) is 206 Å². The molecule has 0 unspecified atom stereocenters. The number of fused-ring (bicyclic) bond motifs is 11. The minimum absolute atomic E-state index is 1.15. The number of rotatable bonds is 4. The molecule has 2 heterocycles. The van der Waals surface area contributed by atoms with Gasteiger partial charge in [0.25, 0.3) is 0 Å². The molecule has 2 nitrogen and oxygen atoms in total. The van der Waals surface area contributed by atoms with Crippen molar-refractivity contribution in [1.82, 2.24) is 9.13 Å². The maximum Gasteiger partial charge on any atom is 0.0619 e. The molecule has 0 N–H and O–H groups in total. The number of benzene rings is 10. The van der Waals surface area contributed by atoms with E-state index in [1.165, 1.54) is 115 Å². The minimum atomic E-state index is 1.15. The van der Waals surface area contributed by atoms with E-state index in [0.717, 1.165) is 5.69 Å². The third-order valence-electron chi connectivity index (χ3n) is 12.7. The Morgan fingerprint density at radius 3 is 1.59 bits per heavy atom. The van der Waals surface area contributed by atoms with Crippen molar-refractivity contribution in [3.63, 3.8) is 0 Å². The maximum atomic E-state index is 2.49. The third kappa shape index (κ3) is 4.37. The van der Waals surface area contributed by atoms with Crippen LogP contribution in [0.2, 0.25) is 0 Å². The second-order valence-electron chi connectivity index (χ2n) is 15.7. The molecular formula is C56H34N2. The first kappa shape index (κ1) is 31.5. The molecule has 0 spiro atoms. The lowest BCUT2D eigenvalue weighted by molar-refractivity contribution is 1.18. The van der Waals surface area contributed by atoms with E-state index in [4.69, 9.17) is 0 Å². The second-order valence-corrected chi connectivity index (χ2v) is 15.7. The largest absolute Gasteiger partial charge is 0.309 e. The number of nitrogens with zero attached hydrogens (tertiary/aromatic N) is 2. The zero-order chi connectivity index (χ0) is 37.9. The average molecular weight is 735 g/mol. The summed E-state index contributed by atoms with van der Waals surface area (Å²) in [5.41, 5.74) is 17.4. The summed E-state index contributed by atoms with van der Waals surface area (Å²) in [6.45, 7) is 0. The summed E-state index contributed by atoms with van der Waals surface area (Å²) in [6, 6.07) is 76.2. The Hall–Kier alpha value is -7.68. The van der Waals surface area contributed by atoms with Gasteiger partial charge in [0.2, 0.25) is 0 Å². The van der Waals surface area contributed by atoms with Crippen molar-refractivity contribution in [2.45, 2.75) is 0 Å². The highest BCUT2D eigenvalue weighted by molar-refractivity contribution is 6.20. The van der Waals surface area contributed by atoms with Crippen LogP contribution < -0.4 is 0 Å². The summed E-state index contributed by atoms with van der Waals surface area (Å²) in [4.78, 5) is 0. The van der Waals surface area contributed by atoms with Crippen LogP contribution in [-0.4, -0.2) is 9.13 Å². The van der Waals surface area contributed by atoms with E-state index in [9.17, 15) is 0 Å². The highest BCUT2D eigenvalue weighted by Gasteiger charge is 2.23. The molecule has 2 aromatic heterocycles. The fourth-order valence-corrected chi connectivity index (χ4v) is 10.1. The van der Waals surface area contributed by atoms with Crippen molar-refractivity contribution in [3.8, 4) is 55.9 Å². The standard InChI is InChI=1S/C56H34N2/c1-2-12-39(13-3-1)57-52-20-9-8-17-45(52)46-28-24-37(33-53(46)57)38-25-29-47-51-30-23-35-11-4-5-14-42(35)56(51)58(54(47)34-38)40-26-21-36(22-27-40)41-31-32-50-44-16-7-6-15-43(44)49-19-10-18-48(41)55(49)50/h1-34H. The van der Waals surface area contributed by atoms with E-state index >= 15 is 0 Å². The van der Waals surface area contributed by atoms with Gasteiger partial charge in [-0.15, -0.1) is 0 Å². The van der Waals surface area contributed by atoms with Crippen LogP contribution in [0.25, 0.3) is 121 Å². The summed E-state index contributed by atoms with van der Waals surface area (Å²) in [5.74, 6) is 0. The molecule has 0 radical (unpaired) electrons. The molecule has 0 atom stereocenters. The molecule has 13 rings (SSSR count). The van der Waals surface area contributed by atoms with Gasteiger partial charge in [0, 0.05) is 38.3 Å². The van der Waals surface area contributed by atoms with Crippen LogP contribution in [0.3, 0.4) is 0 Å². The molecule has 1 aliphatic carbocycles. The molecule has 0 fully saturated rings. The highest BCUT2D eigenvalue weighted by Crippen LogP contribution is 2.49. The molecule has 0 bridgehead atoms. The predicted octanol–water partition coefficient (Wildman–Crippen LogP) is 15.2. The van der Waals surface area contributed by atoms with Crippen molar-refractivity contribution in [2.24, 2.45) is 0 Å². The Morgan fingerprint density at radius 1 is 0.259 bits per heavy atom. The second kappa shape index (κ2) is 11.9. The third-order valence-corrected chi connectivity index (χ3v) is 12.7. The Kier molecular flexibility index (Phi) is 6.47. The summed E-state index contributed by atoms with van der Waals surface area (Å²) in [7, 11) is 0. The minimum Gasteiger partial charge on any atom is -0.309 e. The monoisotopic (exact) mass is 734 g/mol. The van der Waals surface area contributed by atoms with Crippen LogP contribution in [0.4, 0.5) is 0 Å². The lowest BCUT2D eigenvalue weighted by atomic mass is 9.94. The van der Waals surface area contributed by atoms with Gasteiger partial charge in [0.1, 0.15) is 0 Å². The van der Waals surface area contributed by atoms with Crippen LogP contribution in [0.15, 0.2) is 206 Å². The molecule has 10 aromatic carbocycles. The van der Waals surface area contributed by atoms with Gasteiger partial charge in [-0.25, -0.2) is 0 Å². The van der Waals surface area contributed by atoms with Gasteiger partial charge in [-0.05, 0) is 103 Å².